The molecular weight excluding hydrogens is 495 g/mol. The first kappa shape index (κ1) is 24.9. The number of morpholine rings is 1. The van der Waals surface area contributed by atoms with E-state index in [1.54, 1.807) is 0 Å². The fourth-order valence-electron chi connectivity index (χ4n) is 4.14. The molecular formula is C22H35IN4O3. The van der Waals surface area contributed by atoms with E-state index in [0.29, 0.717) is 6.10 Å². The van der Waals surface area contributed by atoms with Gasteiger partial charge in [0.05, 0.1) is 25.7 Å². The van der Waals surface area contributed by atoms with E-state index in [1.807, 2.05) is 7.05 Å². The van der Waals surface area contributed by atoms with Gasteiger partial charge in [0, 0.05) is 46.3 Å². The van der Waals surface area contributed by atoms with Gasteiger partial charge >= 0.3 is 5.97 Å². The molecule has 0 radical (unpaired) electrons. The highest BCUT2D eigenvalue weighted by molar-refractivity contribution is 14.0. The van der Waals surface area contributed by atoms with E-state index < -0.39 is 0 Å². The molecule has 1 atom stereocenters. The quantitative estimate of drug-likeness (QED) is 0.273. The van der Waals surface area contributed by atoms with Gasteiger partial charge in [0.2, 0.25) is 0 Å². The number of likely N-dealkylation sites (tertiary alicyclic amines) is 1. The van der Waals surface area contributed by atoms with Crippen LogP contribution in [0.5, 0.6) is 0 Å². The molecule has 2 aliphatic rings. The van der Waals surface area contributed by atoms with Crippen LogP contribution in [0.1, 0.15) is 30.9 Å². The average Bonchev–Trinajstić information content (AvgIpc) is 2.74. The van der Waals surface area contributed by atoms with Crippen molar-refractivity contribution < 1.29 is 14.3 Å². The smallest absolute Gasteiger partial charge is 0.308 e. The van der Waals surface area contributed by atoms with Crippen LogP contribution in [0.25, 0.3) is 0 Å². The van der Waals surface area contributed by atoms with Gasteiger partial charge in [0.25, 0.3) is 0 Å². The van der Waals surface area contributed by atoms with Crippen LogP contribution < -0.4 is 5.32 Å². The van der Waals surface area contributed by atoms with Gasteiger partial charge in [-0.15, -0.1) is 24.0 Å². The zero-order chi connectivity index (χ0) is 20.6. The first-order chi connectivity index (χ1) is 14.1. The number of methoxy groups -OCH3 is 1. The lowest BCUT2D eigenvalue weighted by Gasteiger charge is -2.33. The maximum atomic E-state index is 11.7. The van der Waals surface area contributed by atoms with Crippen LogP contribution in [-0.4, -0.2) is 74.8 Å². The highest BCUT2D eigenvalue weighted by atomic mass is 127. The van der Waals surface area contributed by atoms with Crippen LogP contribution in [0.4, 0.5) is 0 Å². The molecule has 1 unspecified atom stereocenters. The molecule has 2 saturated heterocycles. The maximum absolute atomic E-state index is 11.7. The molecule has 7 nitrogen and oxygen atoms in total. The zero-order valence-electron chi connectivity index (χ0n) is 18.3. The number of carbonyl (C=O) groups is 1. The third-order valence-corrected chi connectivity index (χ3v) is 5.71. The summed E-state index contributed by atoms with van der Waals surface area (Å²) in [5.41, 5.74) is 2.57. The highest BCUT2D eigenvalue weighted by Crippen LogP contribution is 2.18. The van der Waals surface area contributed by atoms with E-state index in [9.17, 15) is 4.79 Å². The van der Waals surface area contributed by atoms with E-state index >= 15 is 0 Å². The summed E-state index contributed by atoms with van der Waals surface area (Å²) >= 11 is 0. The number of piperidine rings is 1. The largest absolute Gasteiger partial charge is 0.469 e. The van der Waals surface area contributed by atoms with E-state index in [-0.39, 0.29) is 35.9 Å². The monoisotopic (exact) mass is 530 g/mol. The standard InChI is InChI=1S/C22H34N4O3.HI/c1-17-15-25(11-12-29-17)16-19-6-4-5-18(13-19)14-24-22(23-2)26-9-7-20(8-10-26)21(27)28-3;/h4-6,13,17,20H,7-12,14-16H2,1-3H3,(H,23,24);1H. The Morgan fingerprint density at radius 3 is 2.67 bits per heavy atom. The third kappa shape index (κ3) is 7.09. The van der Waals surface area contributed by atoms with Gasteiger partial charge in [-0.3, -0.25) is 14.7 Å². The van der Waals surface area contributed by atoms with Gasteiger partial charge in [0.1, 0.15) is 0 Å². The molecule has 3 rings (SSSR count). The summed E-state index contributed by atoms with van der Waals surface area (Å²) in [5, 5.41) is 3.48. The fourth-order valence-corrected chi connectivity index (χ4v) is 4.14. The molecule has 0 aromatic heterocycles. The first-order valence-electron chi connectivity index (χ1n) is 10.5. The molecule has 1 N–H and O–H groups in total. The van der Waals surface area contributed by atoms with Crippen molar-refractivity contribution in [3.05, 3.63) is 35.4 Å². The normalized spacial score (nSPS) is 21.1. The van der Waals surface area contributed by atoms with Crippen LogP contribution in [-0.2, 0) is 27.4 Å². The van der Waals surface area contributed by atoms with Crippen molar-refractivity contribution in [3.63, 3.8) is 0 Å². The molecule has 0 spiro atoms. The van der Waals surface area contributed by atoms with E-state index in [2.05, 4.69) is 51.3 Å². The van der Waals surface area contributed by atoms with Crippen molar-refractivity contribution in [3.8, 4) is 0 Å². The van der Waals surface area contributed by atoms with Crippen LogP contribution in [0.3, 0.4) is 0 Å². The lowest BCUT2D eigenvalue weighted by molar-refractivity contribution is -0.146. The summed E-state index contributed by atoms with van der Waals surface area (Å²) in [6.45, 7) is 8.23. The molecule has 2 heterocycles. The molecule has 2 aliphatic heterocycles. The minimum atomic E-state index is -0.0981. The van der Waals surface area contributed by atoms with Crippen molar-refractivity contribution in [2.24, 2.45) is 10.9 Å². The second-order valence-corrected chi connectivity index (χ2v) is 7.92. The SMILES string of the molecule is CN=C(NCc1cccc(CN2CCOC(C)C2)c1)N1CCC(C(=O)OC)CC1.I. The number of carbonyl (C=O) groups excluding carboxylic acids is 1. The fraction of sp³-hybridized carbons (Fsp3) is 0.636. The van der Waals surface area contributed by atoms with Gasteiger partial charge in [0.15, 0.2) is 5.96 Å². The summed E-state index contributed by atoms with van der Waals surface area (Å²) < 4.78 is 10.5. The Balaban J connectivity index is 0.00000320. The van der Waals surface area contributed by atoms with Crippen LogP contribution in [0.15, 0.2) is 29.3 Å². The maximum Gasteiger partial charge on any atom is 0.308 e. The highest BCUT2D eigenvalue weighted by Gasteiger charge is 2.27. The zero-order valence-corrected chi connectivity index (χ0v) is 20.6. The van der Waals surface area contributed by atoms with Gasteiger partial charge < -0.3 is 19.7 Å². The van der Waals surface area contributed by atoms with Crippen LogP contribution in [0, 0.1) is 5.92 Å². The Morgan fingerprint density at radius 1 is 1.27 bits per heavy atom. The molecule has 1 aromatic carbocycles. The number of benzene rings is 1. The van der Waals surface area contributed by atoms with Crippen molar-refractivity contribution in [1.29, 1.82) is 0 Å². The Morgan fingerprint density at radius 2 is 2.00 bits per heavy atom. The molecule has 0 aliphatic carbocycles. The molecule has 2 fully saturated rings. The number of hydrogen-bond acceptors (Lipinski definition) is 5. The Hall–Kier alpha value is -1.39. The Kier molecular flexibility index (Phi) is 10.3. The van der Waals surface area contributed by atoms with Crippen molar-refractivity contribution >= 4 is 35.9 Å². The molecule has 1 aromatic rings. The lowest BCUT2D eigenvalue weighted by Crippen LogP contribution is -2.46. The minimum Gasteiger partial charge on any atom is -0.469 e. The van der Waals surface area contributed by atoms with Gasteiger partial charge in [-0.25, -0.2) is 0 Å². The number of ether oxygens (including phenoxy) is 2. The molecule has 8 heteroatoms. The van der Waals surface area contributed by atoms with Gasteiger partial charge in [-0.1, -0.05) is 24.3 Å². The summed E-state index contributed by atoms with van der Waals surface area (Å²) in [6.07, 6.45) is 1.92. The number of nitrogens with zero attached hydrogens (tertiary/aromatic N) is 3. The summed E-state index contributed by atoms with van der Waals surface area (Å²) in [7, 11) is 3.27. The van der Waals surface area contributed by atoms with Crippen molar-refractivity contribution in [2.75, 3.05) is 46.9 Å². The minimum absolute atomic E-state index is 0. The second-order valence-electron chi connectivity index (χ2n) is 7.92. The first-order valence-corrected chi connectivity index (χ1v) is 10.5. The second kappa shape index (κ2) is 12.5. The van der Waals surface area contributed by atoms with Crippen molar-refractivity contribution in [1.82, 2.24) is 15.1 Å². The van der Waals surface area contributed by atoms with Crippen molar-refractivity contribution in [2.45, 2.75) is 39.0 Å². The number of nitrogens with one attached hydrogen (secondary N) is 1. The lowest BCUT2D eigenvalue weighted by atomic mass is 9.97. The van der Waals surface area contributed by atoms with Crippen LogP contribution >= 0.6 is 24.0 Å². The molecule has 0 amide bonds. The summed E-state index contributed by atoms with van der Waals surface area (Å²) in [4.78, 5) is 20.8. The van der Waals surface area contributed by atoms with E-state index in [0.717, 1.165) is 64.7 Å². The molecule has 168 valence electrons. The van der Waals surface area contributed by atoms with E-state index in [1.165, 1.54) is 18.2 Å². The van der Waals surface area contributed by atoms with Gasteiger partial charge in [-0.05, 0) is 30.9 Å². The van der Waals surface area contributed by atoms with E-state index in [4.69, 9.17) is 9.47 Å². The number of guanidine groups is 1. The average molecular weight is 530 g/mol. The number of rotatable bonds is 5. The predicted molar refractivity (Wildman–Crippen MR) is 129 cm³/mol. The number of esters is 1. The van der Waals surface area contributed by atoms with Gasteiger partial charge in [-0.2, -0.15) is 0 Å². The molecule has 30 heavy (non-hydrogen) atoms. The topological polar surface area (TPSA) is 66.4 Å². The number of aliphatic imine (C=N–C) groups is 1. The number of hydrogen-bond donors (Lipinski definition) is 1. The molecule has 0 saturated carbocycles. The Labute approximate surface area is 197 Å². The van der Waals surface area contributed by atoms with Crippen LogP contribution in [0.2, 0.25) is 0 Å². The Bertz CT molecular complexity index is 707. The molecule has 0 bridgehead atoms. The third-order valence-electron chi connectivity index (χ3n) is 5.71. The summed E-state index contributed by atoms with van der Waals surface area (Å²) in [5.74, 6) is 0.800. The number of halogens is 1. The summed E-state index contributed by atoms with van der Waals surface area (Å²) in [6, 6.07) is 8.73. The predicted octanol–water partition coefficient (Wildman–Crippen LogP) is 2.49.